The van der Waals surface area contributed by atoms with Crippen LogP contribution in [0, 0.1) is 0 Å². The number of hydrogen-bond acceptors (Lipinski definition) is 5. The summed E-state index contributed by atoms with van der Waals surface area (Å²) in [4.78, 5) is 34.0. The van der Waals surface area contributed by atoms with E-state index in [0.29, 0.717) is 17.3 Å². The lowest BCUT2D eigenvalue weighted by atomic mass is 10.2. The van der Waals surface area contributed by atoms with Gasteiger partial charge in [0.2, 0.25) is 0 Å². The standard InChI is InChI=1S/C21H21N3O4/c1-13(20-22-15-7-3-4-8-16(15)23-20)28-19(25)11-12-24-17-9-5-6-10-18(17)27-14(2)21(24)26/h3-10,13-14H,11-12H2,1-2H3,(H,22,23)/t13-,14-/m1/s1. The van der Waals surface area contributed by atoms with Crippen molar-refractivity contribution in [2.75, 3.05) is 11.4 Å². The number of carbonyl (C=O) groups excluding carboxylic acids is 2. The van der Waals surface area contributed by atoms with Crippen LogP contribution in [0.4, 0.5) is 5.69 Å². The van der Waals surface area contributed by atoms with Gasteiger partial charge in [0.1, 0.15) is 11.6 Å². The Balaban J connectivity index is 1.41. The van der Waals surface area contributed by atoms with Crippen molar-refractivity contribution in [2.45, 2.75) is 32.5 Å². The van der Waals surface area contributed by atoms with Gasteiger partial charge in [-0.1, -0.05) is 24.3 Å². The highest BCUT2D eigenvalue weighted by molar-refractivity contribution is 6.00. The number of aromatic amines is 1. The molecule has 1 aliphatic heterocycles. The van der Waals surface area contributed by atoms with Gasteiger partial charge in [0.25, 0.3) is 5.91 Å². The molecule has 2 aromatic carbocycles. The molecule has 0 saturated carbocycles. The molecule has 1 aliphatic rings. The van der Waals surface area contributed by atoms with Gasteiger partial charge < -0.3 is 19.4 Å². The third-order valence-electron chi connectivity index (χ3n) is 4.71. The Bertz CT molecular complexity index is 996. The molecule has 0 unspecified atom stereocenters. The molecule has 2 heterocycles. The van der Waals surface area contributed by atoms with E-state index in [2.05, 4.69) is 9.97 Å². The molecule has 0 bridgehead atoms. The number of aromatic nitrogens is 2. The van der Waals surface area contributed by atoms with Crippen LogP contribution < -0.4 is 9.64 Å². The third kappa shape index (κ3) is 3.43. The SMILES string of the molecule is C[C@H]1Oc2ccccc2N(CCC(=O)O[C@H](C)c2nc3ccccc3[nH]2)C1=O. The minimum absolute atomic E-state index is 0.0807. The number of amides is 1. The Morgan fingerprint density at radius 1 is 1.25 bits per heavy atom. The van der Waals surface area contributed by atoms with Gasteiger partial charge in [-0.25, -0.2) is 4.98 Å². The van der Waals surface area contributed by atoms with E-state index < -0.39 is 18.2 Å². The molecule has 28 heavy (non-hydrogen) atoms. The van der Waals surface area contributed by atoms with Crippen molar-refractivity contribution in [1.82, 2.24) is 9.97 Å². The van der Waals surface area contributed by atoms with Crippen LogP contribution in [-0.2, 0) is 14.3 Å². The largest absolute Gasteiger partial charge is 0.479 e. The van der Waals surface area contributed by atoms with Crippen molar-refractivity contribution in [3.8, 4) is 5.75 Å². The summed E-state index contributed by atoms with van der Waals surface area (Å²) in [6.45, 7) is 3.70. The van der Waals surface area contributed by atoms with Crippen molar-refractivity contribution >= 4 is 28.6 Å². The van der Waals surface area contributed by atoms with Gasteiger partial charge in [-0.15, -0.1) is 0 Å². The predicted octanol–water partition coefficient (Wildman–Crippen LogP) is 3.37. The van der Waals surface area contributed by atoms with E-state index in [1.165, 1.54) is 0 Å². The Hall–Kier alpha value is -3.35. The Morgan fingerprint density at radius 3 is 2.82 bits per heavy atom. The second-order valence-corrected chi connectivity index (χ2v) is 6.74. The fourth-order valence-corrected chi connectivity index (χ4v) is 3.27. The summed E-state index contributed by atoms with van der Waals surface area (Å²) in [5, 5.41) is 0. The summed E-state index contributed by atoms with van der Waals surface area (Å²) >= 11 is 0. The maximum atomic E-state index is 12.5. The van der Waals surface area contributed by atoms with E-state index in [1.807, 2.05) is 48.5 Å². The summed E-state index contributed by atoms with van der Waals surface area (Å²) in [6, 6.07) is 14.9. The number of ether oxygens (including phenoxy) is 2. The molecule has 3 aromatic rings. The molecule has 0 aliphatic carbocycles. The Kier molecular flexibility index (Phi) is 4.73. The molecular weight excluding hydrogens is 358 g/mol. The minimum Gasteiger partial charge on any atom is -0.479 e. The van der Waals surface area contributed by atoms with Gasteiger partial charge in [0.05, 0.1) is 23.1 Å². The van der Waals surface area contributed by atoms with E-state index in [9.17, 15) is 9.59 Å². The van der Waals surface area contributed by atoms with E-state index in [-0.39, 0.29) is 18.9 Å². The van der Waals surface area contributed by atoms with Gasteiger partial charge >= 0.3 is 5.97 Å². The maximum absolute atomic E-state index is 12.5. The zero-order valence-corrected chi connectivity index (χ0v) is 15.7. The quantitative estimate of drug-likeness (QED) is 0.687. The number of carbonyl (C=O) groups is 2. The van der Waals surface area contributed by atoms with Gasteiger partial charge in [0.15, 0.2) is 12.2 Å². The number of rotatable bonds is 5. The summed E-state index contributed by atoms with van der Waals surface area (Å²) in [6.07, 6.45) is -1.01. The van der Waals surface area contributed by atoms with Crippen molar-refractivity contribution < 1.29 is 19.1 Å². The maximum Gasteiger partial charge on any atom is 0.308 e. The summed E-state index contributed by atoms with van der Waals surface area (Å²) in [7, 11) is 0. The number of para-hydroxylation sites is 4. The number of anilines is 1. The first-order chi connectivity index (χ1) is 13.5. The van der Waals surface area contributed by atoms with Gasteiger partial charge in [-0.05, 0) is 38.1 Å². The minimum atomic E-state index is -0.583. The topological polar surface area (TPSA) is 84.5 Å². The Labute approximate surface area is 162 Å². The fraction of sp³-hybridized carbons (Fsp3) is 0.286. The number of H-pyrrole nitrogens is 1. The molecule has 0 spiro atoms. The van der Waals surface area contributed by atoms with Crippen LogP contribution in [0.25, 0.3) is 11.0 Å². The molecule has 0 saturated heterocycles. The molecule has 144 valence electrons. The molecule has 4 rings (SSSR count). The van der Waals surface area contributed by atoms with Crippen molar-refractivity contribution in [1.29, 1.82) is 0 Å². The van der Waals surface area contributed by atoms with Crippen LogP contribution in [0.5, 0.6) is 5.75 Å². The number of hydrogen-bond donors (Lipinski definition) is 1. The number of nitrogens with one attached hydrogen (secondary N) is 1. The van der Waals surface area contributed by atoms with Crippen LogP contribution in [0.2, 0.25) is 0 Å². The monoisotopic (exact) mass is 379 g/mol. The van der Waals surface area contributed by atoms with E-state index in [1.54, 1.807) is 18.7 Å². The van der Waals surface area contributed by atoms with Crippen molar-refractivity contribution in [2.24, 2.45) is 0 Å². The molecule has 2 atom stereocenters. The van der Waals surface area contributed by atoms with Gasteiger partial charge in [-0.2, -0.15) is 0 Å². The van der Waals surface area contributed by atoms with Crippen LogP contribution in [0.15, 0.2) is 48.5 Å². The highest BCUT2D eigenvalue weighted by Crippen LogP contribution is 2.33. The lowest BCUT2D eigenvalue weighted by Crippen LogP contribution is -2.45. The summed E-state index contributed by atoms with van der Waals surface area (Å²) in [5.41, 5.74) is 2.39. The number of fused-ring (bicyclic) bond motifs is 2. The fourth-order valence-electron chi connectivity index (χ4n) is 3.27. The normalized spacial score (nSPS) is 17.1. The molecule has 7 heteroatoms. The van der Waals surface area contributed by atoms with E-state index in [0.717, 1.165) is 11.0 Å². The Morgan fingerprint density at radius 2 is 2.00 bits per heavy atom. The first kappa shape index (κ1) is 18.0. The van der Waals surface area contributed by atoms with Crippen LogP contribution >= 0.6 is 0 Å². The second kappa shape index (κ2) is 7.34. The second-order valence-electron chi connectivity index (χ2n) is 6.74. The molecule has 7 nitrogen and oxygen atoms in total. The first-order valence-electron chi connectivity index (χ1n) is 9.24. The van der Waals surface area contributed by atoms with Crippen LogP contribution in [-0.4, -0.2) is 34.5 Å². The smallest absolute Gasteiger partial charge is 0.308 e. The average molecular weight is 379 g/mol. The number of esters is 1. The summed E-state index contributed by atoms with van der Waals surface area (Å²) in [5.74, 6) is 0.670. The molecule has 1 aromatic heterocycles. The lowest BCUT2D eigenvalue weighted by molar-refractivity contribution is -0.148. The highest BCUT2D eigenvalue weighted by Gasteiger charge is 2.31. The molecule has 1 amide bonds. The van der Waals surface area contributed by atoms with Crippen LogP contribution in [0.1, 0.15) is 32.2 Å². The zero-order valence-electron chi connectivity index (χ0n) is 15.7. The average Bonchev–Trinajstić information content (AvgIpc) is 3.13. The van der Waals surface area contributed by atoms with Crippen molar-refractivity contribution in [3.63, 3.8) is 0 Å². The zero-order chi connectivity index (χ0) is 19.7. The number of benzene rings is 2. The predicted molar refractivity (Wildman–Crippen MR) is 104 cm³/mol. The van der Waals surface area contributed by atoms with Gasteiger partial charge in [-0.3, -0.25) is 9.59 Å². The number of imidazole rings is 1. The lowest BCUT2D eigenvalue weighted by Gasteiger charge is -2.32. The van der Waals surface area contributed by atoms with Crippen LogP contribution in [0.3, 0.4) is 0 Å². The highest BCUT2D eigenvalue weighted by atomic mass is 16.5. The molecule has 1 N–H and O–H groups in total. The number of nitrogens with zero attached hydrogens (tertiary/aromatic N) is 2. The third-order valence-corrected chi connectivity index (χ3v) is 4.71. The molecular formula is C21H21N3O4. The van der Waals surface area contributed by atoms with E-state index in [4.69, 9.17) is 9.47 Å². The summed E-state index contributed by atoms with van der Waals surface area (Å²) < 4.78 is 11.1. The van der Waals surface area contributed by atoms with E-state index >= 15 is 0 Å². The van der Waals surface area contributed by atoms with Gasteiger partial charge in [0, 0.05) is 6.54 Å². The molecule has 0 radical (unpaired) electrons. The molecule has 0 fully saturated rings. The first-order valence-corrected chi connectivity index (χ1v) is 9.24. The van der Waals surface area contributed by atoms with Crippen molar-refractivity contribution in [3.05, 3.63) is 54.4 Å².